The van der Waals surface area contributed by atoms with Crippen LogP contribution < -0.4 is 10.0 Å². The second kappa shape index (κ2) is 10.2. The van der Waals surface area contributed by atoms with Gasteiger partial charge in [0, 0.05) is 16.3 Å². The number of carbonyl (C=O) groups excluding carboxylic acids is 1. The summed E-state index contributed by atoms with van der Waals surface area (Å²) in [5, 5.41) is 1.04. The van der Waals surface area contributed by atoms with Crippen molar-refractivity contribution in [2.45, 2.75) is 59.2 Å². The highest BCUT2D eigenvalue weighted by Crippen LogP contribution is 2.49. The molecule has 0 bridgehead atoms. The monoisotopic (exact) mass is 432 g/mol. The van der Waals surface area contributed by atoms with Gasteiger partial charge in [-0.2, -0.15) is 0 Å². The van der Waals surface area contributed by atoms with E-state index in [9.17, 15) is 4.79 Å². The molecule has 2 unspecified atom stereocenters. The first-order valence-electron chi connectivity index (χ1n) is 11.0. The maximum atomic E-state index is 12.4. The largest absolute Gasteiger partial charge is 0.489 e. The molecular weight excluding hydrogens is 399 g/mol. The highest BCUT2D eigenvalue weighted by atomic mass is 31.1. The van der Waals surface area contributed by atoms with Crippen molar-refractivity contribution in [1.29, 1.82) is 0 Å². The highest BCUT2D eigenvalue weighted by molar-refractivity contribution is 7.48. The van der Waals surface area contributed by atoms with E-state index in [1.54, 1.807) is 6.92 Å². The van der Waals surface area contributed by atoms with Gasteiger partial charge in [0.1, 0.15) is 12.4 Å². The molecular formula is C28H33O2P. The number of hydrogen-bond donors (Lipinski definition) is 0. The molecule has 0 heterocycles. The maximum absolute atomic E-state index is 12.4. The van der Waals surface area contributed by atoms with Gasteiger partial charge in [-0.25, -0.2) is 0 Å². The average molecular weight is 433 g/mol. The summed E-state index contributed by atoms with van der Waals surface area (Å²) in [4.78, 5) is 12.4. The van der Waals surface area contributed by atoms with Crippen LogP contribution in [0.1, 0.15) is 66.2 Å². The molecule has 2 atom stereocenters. The zero-order chi connectivity index (χ0) is 22.4. The minimum Gasteiger partial charge on any atom is -0.489 e. The van der Waals surface area contributed by atoms with E-state index in [2.05, 4.69) is 63.2 Å². The summed E-state index contributed by atoms with van der Waals surface area (Å²) in [6.07, 6.45) is 2.10. The third-order valence-corrected chi connectivity index (χ3v) is 7.46. The van der Waals surface area contributed by atoms with Crippen LogP contribution in [0.25, 0.3) is 0 Å². The maximum Gasteiger partial charge on any atom is 0.160 e. The van der Waals surface area contributed by atoms with Crippen molar-refractivity contribution in [3.8, 4) is 5.75 Å². The quantitative estimate of drug-likeness (QED) is 0.266. The fraction of sp³-hybridized carbons (Fsp3) is 0.321. The van der Waals surface area contributed by atoms with Gasteiger partial charge in [0.2, 0.25) is 0 Å². The third kappa shape index (κ3) is 5.83. The first-order valence-corrected chi connectivity index (χ1v) is 12.0. The molecule has 0 aliphatic carbocycles. The van der Waals surface area contributed by atoms with Crippen molar-refractivity contribution >= 4 is 19.7 Å². The van der Waals surface area contributed by atoms with E-state index in [1.165, 1.54) is 11.1 Å². The molecule has 162 valence electrons. The summed E-state index contributed by atoms with van der Waals surface area (Å²) in [7, 11) is 0.484. The van der Waals surface area contributed by atoms with Crippen LogP contribution in [0, 0.1) is 13.8 Å². The number of ether oxygens (including phenoxy) is 1. The summed E-state index contributed by atoms with van der Waals surface area (Å²) >= 11 is 0. The molecule has 0 fully saturated rings. The molecule has 0 aromatic heterocycles. The molecule has 3 aromatic rings. The molecule has 0 amide bonds. The van der Waals surface area contributed by atoms with Crippen LogP contribution in [0.5, 0.6) is 5.75 Å². The van der Waals surface area contributed by atoms with Gasteiger partial charge in [0.15, 0.2) is 5.78 Å². The van der Waals surface area contributed by atoms with E-state index >= 15 is 0 Å². The topological polar surface area (TPSA) is 26.3 Å². The van der Waals surface area contributed by atoms with Crippen molar-refractivity contribution < 1.29 is 9.53 Å². The number of carbonyl (C=O) groups is 1. The Bertz CT molecular complexity index is 1040. The summed E-state index contributed by atoms with van der Waals surface area (Å²) in [5.74, 6) is 1.07. The van der Waals surface area contributed by atoms with Crippen LogP contribution in [0.15, 0.2) is 66.7 Å². The molecule has 3 rings (SSSR count). The molecule has 0 radical (unpaired) electrons. The Kier molecular flexibility index (Phi) is 7.68. The molecule has 0 saturated heterocycles. The van der Waals surface area contributed by atoms with Crippen LogP contribution in [0.3, 0.4) is 0 Å². The van der Waals surface area contributed by atoms with Gasteiger partial charge < -0.3 is 4.74 Å². The Morgan fingerprint density at radius 1 is 0.968 bits per heavy atom. The second-order valence-corrected chi connectivity index (χ2v) is 10.5. The summed E-state index contributed by atoms with van der Waals surface area (Å²) < 4.78 is 6.34. The van der Waals surface area contributed by atoms with Gasteiger partial charge in [0.05, 0.1) is 0 Å². The molecule has 0 aliphatic rings. The zero-order valence-electron chi connectivity index (χ0n) is 19.3. The predicted octanol–water partition coefficient (Wildman–Crippen LogP) is 7.10. The Morgan fingerprint density at radius 2 is 1.65 bits per heavy atom. The molecule has 3 aromatic carbocycles. The van der Waals surface area contributed by atoms with Gasteiger partial charge >= 0.3 is 0 Å². The van der Waals surface area contributed by atoms with E-state index in [1.807, 2.05) is 31.2 Å². The van der Waals surface area contributed by atoms with Crippen LogP contribution in [0.4, 0.5) is 0 Å². The van der Waals surface area contributed by atoms with E-state index in [-0.39, 0.29) is 10.9 Å². The summed E-state index contributed by atoms with van der Waals surface area (Å²) in [5.41, 5.74) is 5.59. The van der Waals surface area contributed by atoms with Crippen molar-refractivity contribution in [1.82, 2.24) is 0 Å². The minimum atomic E-state index is -0.105. The molecule has 31 heavy (non-hydrogen) atoms. The fourth-order valence-corrected chi connectivity index (χ4v) is 5.91. The number of aryl methyl sites for hydroxylation is 2. The van der Waals surface area contributed by atoms with E-state index in [0.29, 0.717) is 15.2 Å². The number of benzene rings is 3. The van der Waals surface area contributed by atoms with Gasteiger partial charge in [-0.05, 0) is 50.2 Å². The molecule has 0 aliphatic heterocycles. The number of ketones is 1. The molecule has 3 heteroatoms. The lowest BCUT2D eigenvalue weighted by Crippen LogP contribution is -2.23. The first kappa shape index (κ1) is 23.2. The Morgan fingerprint density at radius 3 is 2.32 bits per heavy atom. The minimum absolute atomic E-state index is 0.105. The standard InChI is InChI=1S/C28H33O2P/c1-6-16-28(5,31-27-15-13-20(2)17-24(27)22(4)29)25-18-21(3)12-14-26(25)30-19-23-10-8-7-9-11-23/h7-15,17-18,31H,6,16,19H2,1-5H3. The van der Waals surface area contributed by atoms with Gasteiger partial charge in [-0.3, -0.25) is 4.79 Å². The zero-order valence-corrected chi connectivity index (χ0v) is 20.3. The molecule has 0 N–H and O–H groups in total. The Labute approximate surface area is 188 Å². The number of rotatable bonds is 9. The van der Waals surface area contributed by atoms with Crippen molar-refractivity contribution in [3.63, 3.8) is 0 Å². The average Bonchev–Trinajstić information content (AvgIpc) is 2.75. The van der Waals surface area contributed by atoms with Crippen LogP contribution >= 0.6 is 8.58 Å². The van der Waals surface area contributed by atoms with E-state index in [4.69, 9.17) is 4.74 Å². The Hall–Kier alpha value is -2.44. The third-order valence-electron chi connectivity index (χ3n) is 5.68. The van der Waals surface area contributed by atoms with Crippen molar-refractivity contribution in [2.75, 3.05) is 0 Å². The van der Waals surface area contributed by atoms with Crippen LogP contribution in [0.2, 0.25) is 0 Å². The second-order valence-electron chi connectivity index (χ2n) is 8.59. The normalized spacial score (nSPS) is 13.3. The smallest absolute Gasteiger partial charge is 0.160 e. The van der Waals surface area contributed by atoms with Crippen molar-refractivity contribution in [2.24, 2.45) is 0 Å². The van der Waals surface area contributed by atoms with E-state index < -0.39 is 0 Å². The van der Waals surface area contributed by atoms with Gasteiger partial charge in [-0.1, -0.05) is 94.6 Å². The van der Waals surface area contributed by atoms with Crippen LogP contribution in [-0.2, 0) is 11.8 Å². The lowest BCUT2D eigenvalue weighted by molar-refractivity contribution is 0.101. The fourth-order valence-electron chi connectivity index (χ4n) is 4.06. The molecule has 0 saturated carbocycles. The lowest BCUT2D eigenvalue weighted by Gasteiger charge is -2.33. The first-order chi connectivity index (χ1) is 14.8. The number of hydrogen-bond acceptors (Lipinski definition) is 2. The predicted molar refractivity (Wildman–Crippen MR) is 133 cm³/mol. The lowest BCUT2D eigenvalue weighted by atomic mass is 9.93. The number of Topliss-reactive ketones (excluding diaryl/α,β-unsaturated/α-hetero) is 1. The summed E-state index contributed by atoms with van der Waals surface area (Å²) in [6, 6.07) is 23.1. The highest BCUT2D eigenvalue weighted by Gasteiger charge is 2.31. The van der Waals surface area contributed by atoms with Gasteiger partial charge in [-0.15, -0.1) is 0 Å². The molecule has 0 spiro atoms. The Balaban J connectivity index is 2.00. The molecule has 2 nitrogen and oxygen atoms in total. The summed E-state index contributed by atoms with van der Waals surface area (Å²) in [6.45, 7) is 10.9. The van der Waals surface area contributed by atoms with Crippen molar-refractivity contribution in [3.05, 3.63) is 94.5 Å². The van der Waals surface area contributed by atoms with E-state index in [0.717, 1.165) is 40.6 Å². The van der Waals surface area contributed by atoms with Crippen LogP contribution in [-0.4, -0.2) is 5.78 Å². The SMILES string of the molecule is CCCC(C)(Pc1ccc(C)cc1C(C)=O)c1cc(C)ccc1OCc1ccccc1. The van der Waals surface area contributed by atoms with Gasteiger partial charge in [0.25, 0.3) is 0 Å².